The smallest absolute Gasteiger partial charge is 0.317 e. The van der Waals surface area contributed by atoms with Crippen molar-refractivity contribution in [1.29, 1.82) is 0 Å². The maximum Gasteiger partial charge on any atom is 0.317 e. The average Bonchev–Trinajstić information content (AvgIpc) is 2.64. The van der Waals surface area contributed by atoms with Gasteiger partial charge in [-0.2, -0.15) is 0 Å². The lowest BCUT2D eigenvalue weighted by Crippen LogP contribution is -2.24. The first-order valence-electron chi connectivity index (χ1n) is 6.48. The zero-order chi connectivity index (χ0) is 12.8. The molecule has 0 spiro atoms. The maximum absolute atomic E-state index is 11.5. The number of rotatable bonds is 7. The molecule has 0 saturated carbocycles. The molecule has 2 unspecified atom stereocenters. The molecule has 17 heavy (non-hydrogen) atoms. The number of cyclic esters (lactones) is 2. The predicted molar refractivity (Wildman–Crippen MR) is 67.2 cm³/mol. The highest BCUT2D eigenvalue weighted by atomic mass is 28.2. The van der Waals surface area contributed by atoms with Gasteiger partial charge in [0.05, 0.1) is 12.3 Å². The van der Waals surface area contributed by atoms with Gasteiger partial charge in [0, 0.05) is 6.10 Å². The van der Waals surface area contributed by atoms with Gasteiger partial charge < -0.3 is 9.16 Å². The molecule has 0 radical (unpaired) electrons. The third-order valence-electron chi connectivity index (χ3n) is 3.45. The summed E-state index contributed by atoms with van der Waals surface area (Å²) in [4.78, 5) is 22.6. The van der Waals surface area contributed by atoms with Gasteiger partial charge >= 0.3 is 11.9 Å². The van der Waals surface area contributed by atoms with Crippen LogP contribution in [0.5, 0.6) is 0 Å². The zero-order valence-corrected chi connectivity index (χ0v) is 12.3. The average molecular weight is 258 g/mol. The van der Waals surface area contributed by atoms with Crippen LogP contribution in [0.15, 0.2) is 0 Å². The van der Waals surface area contributed by atoms with E-state index in [-0.39, 0.29) is 29.8 Å². The van der Waals surface area contributed by atoms with E-state index in [1.54, 1.807) is 0 Å². The molecule has 0 aromatic rings. The van der Waals surface area contributed by atoms with Gasteiger partial charge in [-0.25, -0.2) is 0 Å². The topological polar surface area (TPSA) is 52.6 Å². The van der Waals surface area contributed by atoms with E-state index in [0.29, 0.717) is 6.10 Å². The zero-order valence-electron chi connectivity index (χ0n) is 10.9. The molecule has 5 heteroatoms. The van der Waals surface area contributed by atoms with E-state index in [1.807, 2.05) is 6.92 Å². The number of esters is 2. The SMILES string of the molecule is CCC(CC)O[SiH2]C(CC)C1CC(=O)OC1=O. The van der Waals surface area contributed by atoms with Gasteiger partial charge in [0.2, 0.25) is 0 Å². The summed E-state index contributed by atoms with van der Waals surface area (Å²) in [6.07, 6.45) is 3.46. The summed E-state index contributed by atoms with van der Waals surface area (Å²) in [6, 6.07) is 0. The minimum Gasteiger partial charge on any atom is -0.421 e. The molecule has 4 nitrogen and oxygen atoms in total. The summed E-state index contributed by atoms with van der Waals surface area (Å²) >= 11 is 0. The van der Waals surface area contributed by atoms with Gasteiger partial charge in [-0.1, -0.05) is 27.2 Å². The molecule has 98 valence electrons. The van der Waals surface area contributed by atoms with Crippen LogP contribution in [0.3, 0.4) is 0 Å². The standard InChI is InChI=1S/C12H22O4Si/c1-4-8(5-2)16-17-10(6-3)9-7-11(13)15-12(9)14/h8-10H,4-7,17H2,1-3H3. The van der Waals surface area contributed by atoms with Crippen LogP contribution in [-0.2, 0) is 18.8 Å². The Hall–Kier alpha value is -0.683. The fraction of sp³-hybridized carbons (Fsp3) is 0.833. The molecule has 0 aliphatic carbocycles. The quantitative estimate of drug-likeness (QED) is 0.395. The first-order chi connectivity index (χ1) is 8.12. The second-order valence-electron chi connectivity index (χ2n) is 4.54. The molecule has 1 rings (SSSR count). The fourth-order valence-electron chi connectivity index (χ4n) is 2.15. The molecule has 0 amide bonds. The van der Waals surface area contributed by atoms with E-state index in [2.05, 4.69) is 18.6 Å². The van der Waals surface area contributed by atoms with Crippen molar-refractivity contribution in [3.8, 4) is 0 Å². The van der Waals surface area contributed by atoms with Crippen molar-refractivity contribution in [3.63, 3.8) is 0 Å². The summed E-state index contributed by atoms with van der Waals surface area (Å²) in [5.41, 5.74) is 0.231. The third-order valence-corrected chi connectivity index (χ3v) is 5.69. The van der Waals surface area contributed by atoms with Crippen molar-refractivity contribution in [2.45, 2.75) is 58.1 Å². The van der Waals surface area contributed by atoms with Crippen LogP contribution in [0.1, 0.15) is 46.5 Å². The monoisotopic (exact) mass is 258 g/mol. The van der Waals surface area contributed by atoms with Crippen molar-refractivity contribution in [2.75, 3.05) is 0 Å². The molecule has 2 atom stereocenters. The van der Waals surface area contributed by atoms with E-state index >= 15 is 0 Å². The molecule has 1 heterocycles. The number of carbonyl (C=O) groups is 2. The molecular weight excluding hydrogens is 236 g/mol. The Labute approximate surface area is 105 Å². The minimum absolute atomic E-state index is 0.231. The number of hydrogen-bond donors (Lipinski definition) is 0. The van der Waals surface area contributed by atoms with Crippen LogP contribution in [0.2, 0.25) is 5.54 Å². The van der Waals surface area contributed by atoms with E-state index in [0.717, 1.165) is 19.3 Å². The van der Waals surface area contributed by atoms with Crippen molar-refractivity contribution >= 4 is 21.7 Å². The van der Waals surface area contributed by atoms with Crippen molar-refractivity contribution in [2.24, 2.45) is 5.92 Å². The highest BCUT2D eigenvalue weighted by Gasteiger charge is 2.38. The van der Waals surface area contributed by atoms with Crippen molar-refractivity contribution in [3.05, 3.63) is 0 Å². The lowest BCUT2D eigenvalue weighted by atomic mass is 10.0. The first kappa shape index (κ1) is 14.4. The minimum atomic E-state index is -0.781. The Morgan fingerprint density at radius 1 is 1.29 bits per heavy atom. The van der Waals surface area contributed by atoms with Crippen LogP contribution < -0.4 is 0 Å². The highest BCUT2D eigenvalue weighted by Crippen LogP contribution is 2.31. The number of ether oxygens (including phenoxy) is 1. The van der Waals surface area contributed by atoms with Gasteiger partial charge in [0.1, 0.15) is 0 Å². The largest absolute Gasteiger partial charge is 0.421 e. The molecule has 0 bridgehead atoms. The summed E-state index contributed by atoms with van der Waals surface area (Å²) in [5.74, 6) is -0.967. The predicted octanol–water partition coefficient (Wildman–Crippen LogP) is 1.56. The van der Waals surface area contributed by atoms with Crippen LogP contribution in [0, 0.1) is 5.92 Å². The number of carbonyl (C=O) groups excluding carboxylic acids is 2. The Kier molecular flexibility index (Phi) is 5.84. The summed E-state index contributed by atoms with van der Waals surface area (Å²) < 4.78 is 10.5. The Morgan fingerprint density at radius 3 is 2.35 bits per heavy atom. The second kappa shape index (κ2) is 6.91. The van der Waals surface area contributed by atoms with Gasteiger partial charge in [-0.05, 0) is 18.4 Å². The van der Waals surface area contributed by atoms with Crippen LogP contribution >= 0.6 is 0 Å². The third kappa shape index (κ3) is 3.92. The van der Waals surface area contributed by atoms with E-state index in [4.69, 9.17) is 4.43 Å². The molecule has 1 aliphatic rings. The number of hydrogen-bond acceptors (Lipinski definition) is 4. The van der Waals surface area contributed by atoms with E-state index < -0.39 is 9.76 Å². The van der Waals surface area contributed by atoms with Crippen LogP contribution in [0.25, 0.3) is 0 Å². The first-order valence-corrected chi connectivity index (χ1v) is 7.87. The Balaban J connectivity index is 2.48. The molecule has 1 saturated heterocycles. The normalized spacial score (nSPS) is 22.7. The maximum atomic E-state index is 11.5. The molecule has 1 fully saturated rings. The lowest BCUT2D eigenvalue weighted by molar-refractivity contribution is -0.153. The lowest BCUT2D eigenvalue weighted by Gasteiger charge is -2.21. The summed E-state index contributed by atoms with van der Waals surface area (Å²) in [7, 11) is -0.781. The van der Waals surface area contributed by atoms with Gasteiger partial charge in [0.25, 0.3) is 0 Å². The second-order valence-corrected chi connectivity index (χ2v) is 6.26. The molecule has 0 N–H and O–H groups in total. The Morgan fingerprint density at radius 2 is 1.94 bits per heavy atom. The molecule has 1 aliphatic heterocycles. The highest BCUT2D eigenvalue weighted by molar-refractivity contribution is 6.31. The molecule has 0 aromatic carbocycles. The van der Waals surface area contributed by atoms with Crippen LogP contribution in [0.4, 0.5) is 0 Å². The summed E-state index contributed by atoms with van der Waals surface area (Å²) in [5, 5.41) is 0. The summed E-state index contributed by atoms with van der Waals surface area (Å²) in [6.45, 7) is 6.26. The van der Waals surface area contributed by atoms with Crippen molar-refractivity contribution in [1.82, 2.24) is 0 Å². The molecule has 0 aromatic heterocycles. The van der Waals surface area contributed by atoms with Gasteiger partial charge in [0.15, 0.2) is 9.76 Å². The van der Waals surface area contributed by atoms with Crippen molar-refractivity contribution < 1.29 is 18.8 Å². The molecular formula is C12H22O4Si. The Bertz CT molecular complexity index is 276. The van der Waals surface area contributed by atoms with E-state index in [1.165, 1.54) is 0 Å². The fourth-order valence-corrected chi connectivity index (χ4v) is 3.97. The van der Waals surface area contributed by atoms with E-state index in [9.17, 15) is 9.59 Å². The van der Waals surface area contributed by atoms with Crippen LogP contribution in [-0.4, -0.2) is 27.8 Å². The van der Waals surface area contributed by atoms with Gasteiger partial charge in [-0.3, -0.25) is 9.59 Å². The van der Waals surface area contributed by atoms with Gasteiger partial charge in [-0.15, -0.1) is 0 Å².